The Bertz CT molecular complexity index is 1980. The molecule has 6 nitrogen and oxygen atoms in total. The molecule has 2 amide bonds. The van der Waals surface area contributed by atoms with Gasteiger partial charge in [-0.05, 0) is 85.0 Å². The van der Waals surface area contributed by atoms with Crippen molar-refractivity contribution in [1.29, 1.82) is 0 Å². The third kappa shape index (κ3) is 6.14. The van der Waals surface area contributed by atoms with Crippen molar-refractivity contribution in [3.05, 3.63) is 119 Å². The number of fused-ring (bicyclic) bond motifs is 2. The molecule has 252 valence electrons. The number of aromatic nitrogens is 1. The summed E-state index contributed by atoms with van der Waals surface area (Å²) in [6, 6.07) is 32.0. The number of anilines is 2. The Kier molecular flexibility index (Phi) is 8.82. The van der Waals surface area contributed by atoms with E-state index < -0.39 is 12.1 Å². The van der Waals surface area contributed by atoms with Gasteiger partial charge in [0, 0.05) is 53.5 Å². The Morgan fingerprint density at radius 1 is 0.857 bits per heavy atom. The lowest BCUT2D eigenvalue weighted by molar-refractivity contribution is -0.121. The minimum Gasteiger partial charge on any atom is -0.371 e. The van der Waals surface area contributed by atoms with Gasteiger partial charge >= 0.3 is 0 Å². The van der Waals surface area contributed by atoms with Crippen LogP contribution >= 0.6 is 0 Å². The van der Waals surface area contributed by atoms with Gasteiger partial charge in [0.05, 0.1) is 11.7 Å². The number of aryl methyl sites for hydroxylation is 2. The molecular weight excluding hydrogens is 604 g/mol. The quantitative estimate of drug-likeness (QED) is 0.182. The first kappa shape index (κ1) is 32.7. The first-order valence-electron chi connectivity index (χ1n) is 17.8. The van der Waals surface area contributed by atoms with E-state index in [9.17, 15) is 9.59 Å². The number of nitrogens with one attached hydrogen (secondary N) is 1. The average molecular weight is 653 g/mol. The maximum Gasteiger partial charge on any atom is 0.255 e. The van der Waals surface area contributed by atoms with Crippen LogP contribution in [0.2, 0.25) is 0 Å². The number of carbonyl (C=O) groups excluding carboxylic acids is 2. The molecule has 4 unspecified atom stereocenters. The van der Waals surface area contributed by atoms with E-state index in [0.29, 0.717) is 23.8 Å². The van der Waals surface area contributed by atoms with Crippen LogP contribution in [-0.4, -0.2) is 40.4 Å². The molecule has 1 N–H and O–H groups in total. The lowest BCUT2D eigenvalue weighted by atomic mass is 9.91. The Hall–Kier alpha value is -4.84. The van der Waals surface area contributed by atoms with Gasteiger partial charge in [-0.2, -0.15) is 0 Å². The van der Waals surface area contributed by atoms with Crippen LogP contribution in [-0.2, 0) is 11.8 Å². The first-order chi connectivity index (χ1) is 23.6. The number of para-hydroxylation sites is 1. The Balaban J connectivity index is 1.30. The fraction of sp³-hybridized carbons (Fsp3) is 0.349. The van der Waals surface area contributed by atoms with Crippen molar-refractivity contribution in [1.82, 2.24) is 9.47 Å². The van der Waals surface area contributed by atoms with Gasteiger partial charge in [0.25, 0.3) is 5.91 Å². The van der Waals surface area contributed by atoms with Gasteiger partial charge in [0.2, 0.25) is 5.91 Å². The highest BCUT2D eigenvalue weighted by Crippen LogP contribution is 2.48. The Morgan fingerprint density at radius 2 is 1.51 bits per heavy atom. The second kappa shape index (κ2) is 13.2. The van der Waals surface area contributed by atoms with Crippen LogP contribution in [0.1, 0.15) is 73.6 Å². The van der Waals surface area contributed by atoms with Crippen LogP contribution < -0.4 is 10.2 Å². The SMILES string of the molecule is Cc1ccc(-c2c(C3c4ccccc4C(=O)N3C(CC(C)C)C(=O)Nc3ccc(N4CC(C)CC(C)C4)cc3)c3ccccc3n2C)cc1. The second-order valence-corrected chi connectivity index (χ2v) is 14.9. The molecule has 0 radical (unpaired) electrons. The van der Waals surface area contributed by atoms with Gasteiger partial charge in [-0.3, -0.25) is 9.59 Å². The molecule has 3 heterocycles. The van der Waals surface area contributed by atoms with Gasteiger partial charge < -0.3 is 19.7 Å². The summed E-state index contributed by atoms with van der Waals surface area (Å²) >= 11 is 0. The molecule has 0 saturated carbocycles. The zero-order chi connectivity index (χ0) is 34.4. The Labute approximate surface area is 290 Å². The molecule has 0 bridgehead atoms. The van der Waals surface area contributed by atoms with Gasteiger partial charge in [0.15, 0.2) is 0 Å². The third-order valence-electron chi connectivity index (χ3n) is 10.4. The molecule has 49 heavy (non-hydrogen) atoms. The van der Waals surface area contributed by atoms with Gasteiger partial charge in [-0.25, -0.2) is 0 Å². The molecule has 2 aliphatic rings. The Morgan fingerprint density at radius 3 is 2.20 bits per heavy atom. The minimum absolute atomic E-state index is 0.104. The highest BCUT2D eigenvalue weighted by molar-refractivity contribution is 6.06. The van der Waals surface area contributed by atoms with Crippen LogP contribution in [0.4, 0.5) is 11.4 Å². The summed E-state index contributed by atoms with van der Waals surface area (Å²) in [5, 5.41) is 4.31. The molecule has 1 fully saturated rings. The van der Waals surface area contributed by atoms with Crippen molar-refractivity contribution in [2.75, 3.05) is 23.3 Å². The predicted molar refractivity (Wildman–Crippen MR) is 201 cm³/mol. The number of nitrogens with zero attached hydrogens (tertiary/aromatic N) is 3. The molecule has 1 aromatic heterocycles. The van der Waals surface area contributed by atoms with Crippen molar-refractivity contribution < 1.29 is 9.59 Å². The topological polar surface area (TPSA) is 57.6 Å². The number of carbonyl (C=O) groups is 2. The van der Waals surface area contributed by atoms with Crippen LogP contribution in [0.3, 0.4) is 0 Å². The summed E-state index contributed by atoms with van der Waals surface area (Å²) in [7, 11) is 2.10. The molecule has 4 aromatic carbocycles. The molecule has 0 spiro atoms. The number of amides is 2. The van der Waals surface area contributed by atoms with Crippen LogP contribution in [0.15, 0.2) is 97.1 Å². The number of benzene rings is 4. The number of hydrogen-bond acceptors (Lipinski definition) is 3. The van der Waals surface area contributed by atoms with E-state index in [1.807, 2.05) is 35.2 Å². The van der Waals surface area contributed by atoms with E-state index in [4.69, 9.17) is 0 Å². The second-order valence-electron chi connectivity index (χ2n) is 14.9. The fourth-order valence-electron chi connectivity index (χ4n) is 8.36. The van der Waals surface area contributed by atoms with Crippen molar-refractivity contribution in [3.8, 4) is 11.3 Å². The van der Waals surface area contributed by atoms with Crippen LogP contribution in [0, 0.1) is 24.7 Å². The minimum atomic E-state index is -0.682. The van der Waals surface area contributed by atoms with Crippen LogP contribution in [0.5, 0.6) is 0 Å². The van der Waals surface area contributed by atoms with Gasteiger partial charge in [-0.1, -0.05) is 93.9 Å². The maximum absolute atomic E-state index is 14.6. The zero-order valence-electron chi connectivity index (χ0n) is 29.6. The summed E-state index contributed by atoms with van der Waals surface area (Å²) < 4.78 is 2.24. The summed E-state index contributed by atoms with van der Waals surface area (Å²) in [5.41, 5.74) is 8.99. The normalized spacial score (nSPS) is 19.8. The molecule has 4 atom stereocenters. The lowest BCUT2D eigenvalue weighted by Crippen LogP contribution is -2.47. The predicted octanol–water partition coefficient (Wildman–Crippen LogP) is 9.23. The molecule has 2 aliphatic heterocycles. The fourth-order valence-corrected chi connectivity index (χ4v) is 8.36. The molecule has 5 aromatic rings. The molecule has 1 saturated heterocycles. The zero-order valence-corrected chi connectivity index (χ0v) is 29.6. The average Bonchev–Trinajstić information content (AvgIpc) is 3.53. The van der Waals surface area contributed by atoms with E-state index in [0.717, 1.165) is 52.1 Å². The summed E-state index contributed by atoms with van der Waals surface area (Å²) in [4.78, 5) is 33.5. The van der Waals surface area contributed by atoms with Crippen molar-refractivity contribution in [3.63, 3.8) is 0 Å². The first-order valence-corrected chi connectivity index (χ1v) is 17.8. The summed E-state index contributed by atoms with van der Waals surface area (Å²) in [6.07, 6.45) is 1.79. The molecule has 0 aliphatic carbocycles. The van der Waals surface area contributed by atoms with Crippen molar-refractivity contribution in [2.45, 2.75) is 59.5 Å². The third-order valence-corrected chi connectivity index (χ3v) is 10.4. The molecule has 6 heteroatoms. The van der Waals surface area contributed by atoms with Crippen molar-refractivity contribution in [2.24, 2.45) is 24.8 Å². The largest absolute Gasteiger partial charge is 0.371 e. The monoisotopic (exact) mass is 652 g/mol. The lowest BCUT2D eigenvalue weighted by Gasteiger charge is -2.36. The highest BCUT2D eigenvalue weighted by Gasteiger charge is 2.46. The molecular formula is C43H48N4O2. The number of rotatable bonds is 8. The van der Waals surface area contributed by atoms with Gasteiger partial charge in [-0.15, -0.1) is 0 Å². The standard InChI is InChI=1S/C43H48N4O2/c1-27(2)23-38(42(48)44-32-19-21-33(22-20-32)46-25-29(4)24-30(5)26-46)47-41(34-11-7-8-12-35(34)43(47)49)39-36-13-9-10-14-37(36)45(6)40(39)31-17-15-28(3)16-18-31/h7-22,27,29-30,38,41H,23-26H2,1-6H3,(H,44,48). The van der Waals surface area contributed by atoms with Gasteiger partial charge in [0.1, 0.15) is 6.04 Å². The number of piperidine rings is 1. The summed E-state index contributed by atoms with van der Waals surface area (Å²) in [5.74, 6) is 1.23. The molecule has 7 rings (SSSR count). The van der Waals surface area contributed by atoms with Crippen molar-refractivity contribution >= 4 is 34.1 Å². The van der Waals surface area contributed by atoms with E-state index in [1.165, 1.54) is 17.7 Å². The van der Waals surface area contributed by atoms with E-state index in [1.54, 1.807) is 0 Å². The summed E-state index contributed by atoms with van der Waals surface area (Å²) in [6.45, 7) is 13.1. The van der Waals surface area contributed by atoms with E-state index >= 15 is 0 Å². The maximum atomic E-state index is 14.6. The van der Waals surface area contributed by atoms with E-state index in [2.05, 4.69) is 123 Å². The smallest absolute Gasteiger partial charge is 0.255 e. The number of hydrogen-bond donors (Lipinski definition) is 1. The van der Waals surface area contributed by atoms with Crippen LogP contribution in [0.25, 0.3) is 22.2 Å². The highest BCUT2D eigenvalue weighted by atomic mass is 16.2. The van der Waals surface area contributed by atoms with E-state index in [-0.39, 0.29) is 17.7 Å².